The predicted octanol–water partition coefficient (Wildman–Crippen LogP) is 5.50. The van der Waals surface area contributed by atoms with Crippen LogP contribution in [0, 0.1) is 11.8 Å². The van der Waals surface area contributed by atoms with Gasteiger partial charge in [0.2, 0.25) is 5.91 Å². The van der Waals surface area contributed by atoms with E-state index < -0.39 is 35.5 Å². The second-order valence-corrected chi connectivity index (χ2v) is 9.49. The van der Waals surface area contributed by atoms with E-state index in [0.29, 0.717) is 62.8 Å². The molecule has 1 saturated heterocycles. The molecular formula is C23H24F7NO3. The Morgan fingerprint density at radius 2 is 1.44 bits per heavy atom. The fourth-order valence-corrected chi connectivity index (χ4v) is 5.86. The first kappa shape index (κ1) is 24.8. The molecule has 2 aliphatic carbocycles. The minimum Gasteiger partial charge on any atom is -0.481 e. The highest BCUT2D eigenvalue weighted by atomic mass is 19.4. The van der Waals surface area contributed by atoms with E-state index in [1.807, 2.05) is 0 Å². The molecule has 0 spiro atoms. The van der Waals surface area contributed by atoms with E-state index in [1.165, 1.54) is 0 Å². The summed E-state index contributed by atoms with van der Waals surface area (Å²) < 4.78 is 93.4. The average Bonchev–Trinajstić information content (AvgIpc) is 3.20. The molecule has 0 radical (unpaired) electrons. The van der Waals surface area contributed by atoms with E-state index in [-0.39, 0.29) is 35.8 Å². The number of carboxylic acids is 1. The second kappa shape index (κ2) is 8.41. The summed E-state index contributed by atoms with van der Waals surface area (Å²) >= 11 is 0. The van der Waals surface area contributed by atoms with Gasteiger partial charge in [-0.1, -0.05) is 18.2 Å². The molecule has 2 fully saturated rings. The number of benzene rings is 1. The second-order valence-electron chi connectivity index (χ2n) is 9.49. The number of amides is 1. The SMILES string of the molecule is O=C(O)C1CCC(C(=O)N2CCC3c4ccc(C(F)(C(F)(F)F)C(F)(F)F)cc4CCC32)CC1. The summed E-state index contributed by atoms with van der Waals surface area (Å²) in [6, 6.07) is 2.13. The van der Waals surface area contributed by atoms with Gasteiger partial charge in [0.05, 0.1) is 5.92 Å². The van der Waals surface area contributed by atoms with Crippen molar-refractivity contribution in [3.05, 3.63) is 34.9 Å². The summed E-state index contributed by atoms with van der Waals surface area (Å²) in [5, 5.41) is 9.14. The normalized spacial score (nSPS) is 27.8. The molecule has 1 saturated carbocycles. The van der Waals surface area contributed by atoms with Crippen LogP contribution >= 0.6 is 0 Å². The number of likely N-dealkylation sites (tertiary alicyclic amines) is 1. The van der Waals surface area contributed by atoms with Crippen molar-refractivity contribution in [2.24, 2.45) is 11.8 Å². The van der Waals surface area contributed by atoms with Gasteiger partial charge in [0, 0.05) is 30.0 Å². The summed E-state index contributed by atoms with van der Waals surface area (Å²) in [4.78, 5) is 26.0. The molecule has 4 nitrogen and oxygen atoms in total. The van der Waals surface area contributed by atoms with Gasteiger partial charge in [-0.2, -0.15) is 26.3 Å². The van der Waals surface area contributed by atoms with E-state index in [9.17, 15) is 40.3 Å². The molecule has 0 aromatic heterocycles. The lowest BCUT2D eigenvalue weighted by molar-refractivity contribution is -0.348. The number of rotatable bonds is 3. The van der Waals surface area contributed by atoms with Gasteiger partial charge in [0.15, 0.2) is 0 Å². The van der Waals surface area contributed by atoms with Crippen molar-refractivity contribution in [1.82, 2.24) is 4.90 Å². The summed E-state index contributed by atoms with van der Waals surface area (Å²) in [6.45, 7) is 0.409. The molecule has 34 heavy (non-hydrogen) atoms. The number of aryl methyl sites for hydroxylation is 1. The Balaban J connectivity index is 1.54. The first-order chi connectivity index (χ1) is 15.8. The van der Waals surface area contributed by atoms with Gasteiger partial charge in [-0.3, -0.25) is 9.59 Å². The Hall–Kier alpha value is -2.33. The summed E-state index contributed by atoms with van der Waals surface area (Å²) in [5.74, 6) is -1.94. The molecule has 11 heteroatoms. The molecule has 1 heterocycles. The summed E-state index contributed by atoms with van der Waals surface area (Å²) in [6.07, 6.45) is -9.55. The molecule has 188 valence electrons. The van der Waals surface area contributed by atoms with Crippen LogP contribution in [0.4, 0.5) is 30.7 Å². The van der Waals surface area contributed by atoms with Crippen molar-refractivity contribution in [2.75, 3.05) is 6.54 Å². The number of carbonyl (C=O) groups excluding carboxylic acids is 1. The maximum atomic E-state index is 14.5. The van der Waals surface area contributed by atoms with E-state index >= 15 is 0 Å². The summed E-state index contributed by atoms with van der Waals surface area (Å²) in [5.41, 5.74) is -6.15. The first-order valence-electron chi connectivity index (χ1n) is 11.2. The van der Waals surface area contributed by atoms with Crippen LogP contribution in [0.3, 0.4) is 0 Å². The maximum Gasteiger partial charge on any atom is 0.435 e. The highest BCUT2D eigenvalue weighted by molar-refractivity contribution is 5.80. The van der Waals surface area contributed by atoms with Crippen LogP contribution in [-0.4, -0.2) is 46.8 Å². The monoisotopic (exact) mass is 495 g/mol. The van der Waals surface area contributed by atoms with Gasteiger partial charge in [0.1, 0.15) is 0 Å². The lowest BCUT2D eigenvalue weighted by Gasteiger charge is -2.37. The number of halogens is 7. The zero-order valence-corrected chi connectivity index (χ0v) is 18.1. The van der Waals surface area contributed by atoms with Crippen LogP contribution in [0.1, 0.15) is 61.1 Å². The highest BCUT2D eigenvalue weighted by Crippen LogP contribution is 2.54. The molecule has 1 aliphatic heterocycles. The van der Waals surface area contributed by atoms with Crippen LogP contribution in [-0.2, 0) is 21.7 Å². The molecule has 1 N–H and O–H groups in total. The largest absolute Gasteiger partial charge is 0.481 e. The topological polar surface area (TPSA) is 57.6 Å². The Kier molecular flexibility index (Phi) is 6.13. The molecule has 2 atom stereocenters. The molecule has 4 rings (SSSR count). The molecular weight excluding hydrogens is 471 g/mol. The number of hydrogen-bond donors (Lipinski definition) is 1. The zero-order chi connectivity index (χ0) is 25.1. The lowest BCUT2D eigenvalue weighted by atomic mass is 9.77. The third kappa shape index (κ3) is 3.94. The third-order valence-corrected chi connectivity index (χ3v) is 7.69. The number of aliphatic carboxylic acids is 1. The van der Waals surface area contributed by atoms with Gasteiger partial charge in [0.25, 0.3) is 0 Å². The number of carbonyl (C=O) groups is 2. The highest BCUT2D eigenvalue weighted by Gasteiger charge is 2.73. The summed E-state index contributed by atoms with van der Waals surface area (Å²) in [7, 11) is 0. The molecule has 1 aromatic carbocycles. The zero-order valence-electron chi connectivity index (χ0n) is 18.1. The van der Waals surface area contributed by atoms with Crippen LogP contribution in [0.2, 0.25) is 0 Å². The number of fused-ring (bicyclic) bond motifs is 3. The molecule has 2 unspecified atom stereocenters. The third-order valence-electron chi connectivity index (χ3n) is 7.69. The average molecular weight is 495 g/mol. The minimum absolute atomic E-state index is 0.0756. The number of alkyl halides is 7. The Bertz CT molecular complexity index is 952. The van der Waals surface area contributed by atoms with Crippen LogP contribution in [0.25, 0.3) is 0 Å². The maximum absolute atomic E-state index is 14.5. The van der Waals surface area contributed by atoms with Crippen LogP contribution in [0.15, 0.2) is 18.2 Å². The van der Waals surface area contributed by atoms with Crippen molar-refractivity contribution in [1.29, 1.82) is 0 Å². The van der Waals surface area contributed by atoms with Crippen LogP contribution < -0.4 is 0 Å². The van der Waals surface area contributed by atoms with Crippen molar-refractivity contribution in [3.8, 4) is 0 Å². The smallest absolute Gasteiger partial charge is 0.435 e. The molecule has 1 aromatic rings. The number of hydrogen-bond acceptors (Lipinski definition) is 2. The van der Waals surface area contributed by atoms with Gasteiger partial charge < -0.3 is 10.0 Å². The van der Waals surface area contributed by atoms with Gasteiger partial charge in [-0.05, 0) is 56.1 Å². The predicted molar refractivity (Wildman–Crippen MR) is 106 cm³/mol. The minimum atomic E-state index is -6.16. The molecule has 3 aliphatic rings. The van der Waals surface area contributed by atoms with E-state index in [2.05, 4.69) is 0 Å². The van der Waals surface area contributed by atoms with Gasteiger partial charge in [-0.15, -0.1) is 0 Å². The Morgan fingerprint density at radius 1 is 0.853 bits per heavy atom. The van der Waals surface area contributed by atoms with E-state index in [1.54, 1.807) is 4.90 Å². The fraction of sp³-hybridized carbons (Fsp3) is 0.652. The molecule has 1 amide bonds. The van der Waals surface area contributed by atoms with Crippen molar-refractivity contribution < 1.29 is 45.4 Å². The van der Waals surface area contributed by atoms with E-state index in [4.69, 9.17) is 5.11 Å². The van der Waals surface area contributed by atoms with Gasteiger partial charge >= 0.3 is 24.0 Å². The van der Waals surface area contributed by atoms with Crippen molar-refractivity contribution in [3.63, 3.8) is 0 Å². The Morgan fingerprint density at radius 3 is 2.00 bits per heavy atom. The van der Waals surface area contributed by atoms with Gasteiger partial charge in [-0.25, -0.2) is 4.39 Å². The number of nitrogens with zero attached hydrogens (tertiary/aromatic N) is 1. The lowest BCUT2D eigenvalue weighted by Crippen LogP contribution is -2.50. The van der Waals surface area contributed by atoms with Crippen LogP contribution in [0.5, 0.6) is 0 Å². The van der Waals surface area contributed by atoms with E-state index in [0.717, 1.165) is 6.07 Å². The molecule has 0 bridgehead atoms. The fourth-order valence-electron chi connectivity index (χ4n) is 5.86. The quantitative estimate of drug-likeness (QED) is 0.564. The Labute approximate surface area is 191 Å². The van der Waals surface area contributed by atoms with Crippen molar-refractivity contribution in [2.45, 2.75) is 74.9 Å². The number of carboxylic acid groups (broad SMARTS) is 1. The van der Waals surface area contributed by atoms with Crippen molar-refractivity contribution >= 4 is 11.9 Å². The standard InChI is InChI=1S/C23H24F7NO3/c24-21(22(25,26)27,23(28,29)30)15-6-7-16-14(11-15)5-8-18-17(16)9-10-31(18)19(32)12-1-3-13(4-2-12)20(33)34/h6-7,11-13,17-18H,1-5,8-10H2,(H,33,34). The first-order valence-corrected chi connectivity index (χ1v) is 11.2.